The first kappa shape index (κ1) is 15.6. The first-order valence-electron chi connectivity index (χ1n) is 5.91. The first-order chi connectivity index (χ1) is 9.42. The number of nitro groups is 1. The summed E-state index contributed by atoms with van der Waals surface area (Å²) in [6, 6.07) is 3.72. The molecule has 1 atom stereocenters. The summed E-state index contributed by atoms with van der Waals surface area (Å²) in [6.45, 7) is 3.02. The normalized spacial score (nSPS) is 11.6. The van der Waals surface area contributed by atoms with Crippen LogP contribution in [0.2, 0.25) is 0 Å². The number of methoxy groups -OCH3 is 1. The second-order valence-electron chi connectivity index (χ2n) is 3.98. The molecular weight excluding hydrogens is 266 g/mol. The minimum absolute atomic E-state index is 0.104. The van der Waals surface area contributed by atoms with Crippen LogP contribution >= 0.6 is 0 Å². The van der Waals surface area contributed by atoms with E-state index in [0.29, 0.717) is 0 Å². The molecule has 0 saturated carbocycles. The molecule has 0 aliphatic heterocycles. The molecular formula is C13H15NO6. The van der Waals surface area contributed by atoms with Crippen molar-refractivity contribution in [2.75, 3.05) is 13.7 Å². The molecule has 0 aliphatic carbocycles. The van der Waals surface area contributed by atoms with Crippen LogP contribution < -0.4 is 4.74 Å². The lowest BCUT2D eigenvalue weighted by molar-refractivity contribution is -0.384. The molecule has 0 bridgehead atoms. The standard InChI is InChI=1S/C13H15NO6/c1-4-20-13(16)12(8(2)15)10-6-5-9(14(17)18)7-11(10)19-3/h5-7,12H,4H2,1-3H3. The van der Waals surface area contributed by atoms with Gasteiger partial charge < -0.3 is 9.47 Å². The summed E-state index contributed by atoms with van der Waals surface area (Å²) < 4.78 is 9.88. The van der Waals surface area contributed by atoms with Gasteiger partial charge in [0.25, 0.3) is 5.69 Å². The van der Waals surface area contributed by atoms with E-state index >= 15 is 0 Å². The average Bonchev–Trinajstić information content (AvgIpc) is 2.38. The second-order valence-corrected chi connectivity index (χ2v) is 3.98. The Balaban J connectivity index is 3.30. The Morgan fingerprint density at radius 1 is 1.40 bits per heavy atom. The number of ketones is 1. The molecule has 7 nitrogen and oxygen atoms in total. The van der Waals surface area contributed by atoms with Crippen LogP contribution in [0.5, 0.6) is 5.75 Å². The SMILES string of the molecule is CCOC(=O)C(C(C)=O)c1ccc([N+](=O)[O-])cc1OC. The predicted molar refractivity (Wildman–Crippen MR) is 69.7 cm³/mol. The van der Waals surface area contributed by atoms with Crippen LogP contribution in [0.3, 0.4) is 0 Å². The molecule has 0 fully saturated rings. The van der Waals surface area contributed by atoms with E-state index in [1.165, 1.54) is 32.2 Å². The Kier molecular flexibility index (Phi) is 5.19. The molecule has 1 unspecified atom stereocenters. The van der Waals surface area contributed by atoms with E-state index < -0.39 is 22.6 Å². The Morgan fingerprint density at radius 3 is 2.50 bits per heavy atom. The summed E-state index contributed by atoms with van der Waals surface area (Å²) in [5, 5.41) is 10.7. The molecule has 0 amide bonds. The van der Waals surface area contributed by atoms with Crippen molar-refractivity contribution in [2.24, 2.45) is 0 Å². The van der Waals surface area contributed by atoms with Gasteiger partial charge in [-0.05, 0) is 19.9 Å². The maximum atomic E-state index is 11.8. The van der Waals surface area contributed by atoms with Crippen molar-refractivity contribution in [1.82, 2.24) is 0 Å². The predicted octanol–water partition coefficient (Wildman–Crippen LogP) is 1.84. The van der Waals surface area contributed by atoms with E-state index in [-0.39, 0.29) is 23.6 Å². The summed E-state index contributed by atoms with van der Waals surface area (Å²) in [5.74, 6) is -2.17. The van der Waals surface area contributed by atoms with Crippen LogP contribution in [-0.2, 0) is 14.3 Å². The summed E-state index contributed by atoms with van der Waals surface area (Å²) in [4.78, 5) is 33.6. The van der Waals surface area contributed by atoms with Crippen LogP contribution in [0.1, 0.15) is 25.3 Å². The number of non-ortho nitro benzene ring substituents is 1. The fourth-order valence-electron chi connectivity index (χ4n) is 1.79. The van der Waals surface area contributed by atoms with Gasteiger partial charge in [0.15, 0.2) is 0 Å². The van der Waals surface area contributed by atoms with E-state index in [1.54, 1.807) is 6.92 Å². The van der Waals surface area contributed by atoms with Crippen molar-refractivity contribution in [2.45, 2.75) is 19.8 Å². The van der Waals surface area contributed by atoms with Gasteiger partial charge in [0.1, 0.15) is 17.5 Å². The Labute approximate surface area is 115 Å². The highest BCUT2D eigenvalue weighted by Crippen LogP contribution is 2.31. The van der Waals surface area contributed by atoms with Crippen LogP contribution in [0, 0.1) is 10.1 Å². The molecule has 1 aromatic carbocycles. The number of Topliss-reactive ketones (excluding diaryl/α,β-unsaturated/α-hetero) is 1. The number of hydrogen-bond acceptors (Lipinski definition) is 6. The van der Waals surface area contributed by atoms with Gasteiger partial charge in [0, 0.05) is 11.6 Å². The quantitative estimate of drug-likeness (QED) is 0.341. The van der Waals surface area contributed by atoms with Crippen molar-refractivity contribution in [3.05, 3.63) is 33.9 Å². The third-order valence-corrected chi connectivity index (χ3v) is 2.67. The van der Waals surface area contributed by atoms with Crippen LogP contribution in [-0.4, -0.2) is 30.4 Å². The third kappa shape index (κ3) is 3.31. The zero-order valence-corrected chi connectivity index (χ0v) is 11.4. The Hall–Kier alpha value is -2.44. The van der Waals surface area contributed by atoms with Gasteiger partial charge in [0.2, 0.25) is 0 Å². The molecule has 108 valence electrons. The highest BCUT2D eigenvalue weighted by atomic mass is 16.6. The van der Waals surface area contributed by atoms with Gasteiger partial charge in [-0.1, -0.05) is 0 Å². The minimum atomic E-state index is -1.15. The zero-order chi connectivity index (χ0) is 15.3. The lowest BCUT2D eigenvalue weighted by atomic mass is 9.94. The lowest BCUT2D eigenvalue weighted by Crippen LogP contribution is -2.23. The van der Waals surface area contributed by atoms with E-state index in [1.807, 2.05) is 0 Å². The topological polar surface area (TPSA) is 95.7 Å². The Morgan fingerprint density at radius 2 is 2.05 bits per heavy atom. The Bertz CT molecular complexity index is 540. The largest absolute Gasteiger partial charge is 0.496 e. The number of nitro benzene ring substituents is 1. The van der Waals surface area contributed by atoms with E-state index in [4.69, 9.17) is 9.47 Å². The summed E-state index contributed by atoms with van der Waals surface area (Å²) in [6.07, 6.45) is 0. The summed E-state index contributed by atoms with van der Waals surface area (Å²) >= 11 is 0. The van der Waals surface area contributed by atoms with Crippen molar-refractivity contribution in [3.8, 4) is 5.75 Å². The second kappa shape index (κ2) is 6.65. The van der Waals surface area contributed by atoms with Crippen molar-refractivity contribution < 1.29 is 24.0 Å². The van der Waals surface area contributed by atoms with Gasteiger partial charge in [-0.2, -0.15) is 0 Å². The number of carbonyl (C=O) groups is 2. The average molecular weight is 281 g/mol. The van der Waals surface area contributed by atoms with Gasteiger partial charge in [-0.25, -0.2) is 0 Å². The van der Waals surface area contributed by atoms with Crippen LogP contribution in [0.15, 0.2) is 18.2 Å². The molecule has 0 aliphatic rings. The lowest BCUT2D eigenvalue weighted by Gasteiger charge is -2.15. The van der Waals surface area contributed by atoms with E-state index in [2.05, 4.69) is 0 Å². The number of hydrogen-bond donors (Lipinski definition) is 0. The molecule has 0 aromatic heterocycles. The molecule has 0 radical (unpaired) electrons. The summed E-state index contributed by atoms with van der Waals surface area (Å²) in [7, 11) is 1.31. The molecule has 0 saturated heterocycles. The molecule has 0 N–H and O–H groups in total. The minimum Gasteiger partial charge on any atom is -0.496 e. The summed E-state index contributed by atoms with van der Waals surface area (Å²) in [5.41, 5.74) is 0.0702. The number of ether oxygens (including phenoxy) is 2. The number of benzene rings is 1. The molecule has 7 heteroatoms. The number of esters is 1. The molecule has 1 aromatic rings. The van der Waals surface area contributed by atoms with Gasteiger partial charge in [-0.3, -0.25) is 19.7 Å². The van der Waals surface area contributed by atoms with Crippen molar-refractivity contribution in [3.63, 3.8) is 0 Å². The fourth-order valence-corrected chi connectivity index (χ4v) is 1.79. The maximum Gasteiger partial charge on any atom is 0.321 e. The van der Waals surface area contributed by atoms with Gasteiger partial charge in [-0.15, -0.1) is 0 Å². The van der Waals surface area contributed by atoms with Crippen LogP contribution in [0.25, 0.3) is 0 Å². The molecule has 20 heavy (non-hydrogen) atoms. The number of nitrogens with zero attached hydrogens (tertiary/aromatic N) is 1. The zero-order valence-electron chi connectivity index (χ0n) is 11.4. The third-order valence-electron chi connectivity index (χ3n) is 2.67. The van der Waals surface area contributed by atoms with Gasteiger partial charge >= 0.3 is 5.97 Å². The number of carbonyl (C=O) groups excluding carboxylic acids is 2. The smallest absolute Gasteiger partial charge is 0.321 e. The molecule has 1 rings (SSSR count). The van der Waals surface area contributed by atoms with Crippen molar-refractivity contribution >= 4 is 17.4 Å². The van der Waals surface area contributed by atoms with Gasteiger partial charge in [0.05, 0.1) is 24.7 Å². The van der Waals surface area contributed by atoms with Crippen molar-refractivity contribution in [1.29, 1.82) is 0 Å². The first-order valence-corrected chi connectivity index (χ1v) is 5.91. The molecule has 0 spiro atoms. The highest BCUT2D eigenvalue weighted by Gasteiger charge is 2.30. The van der Waals surface area contributed by atoms with E-state index in [0.717, 1.165) is 0 Å². The fraction of sp³-hybridized carbons (Fsp3) is 0.385. The molecule has 0 heterocycles. The monoisotopic (exact) mass is 281 g/mol. The van der Waals surface area contributed by atoms with Crippen LogP contribution in [0.4, 0.5) is 5.69 Å². The number of rotatable bonds is 6. The maximum absolute atomic E-state index is 11.8. The highest BCUT2D eigenvalue weighted by molar-refractivity contribution is 6.04. The van der Waals surface area contributed by atoms with E-state index in [9.17, 15) is 19.7 Å².